The highest BCUT2D eigenvalue weighted by Gasteiger charge is 2.49. The summed E-state index contributed by atoms with van der Waals surface area (Å²) < 4.78 is 10.9. The average molecular weight is 337 g/mol. The molecule has 0 aliphatic carbocycles. The van der Waals surface area contributed by atoms with Gasteiger partial charge in [0, 0.05) is 0 Å². The van der Waals surface area contributed by atoms with Crippen LogP contribution in [0.3, 0.4) is 0 Å². The first-order chi connectivity index (χ1) is 10.5. The molecule has 4 nitrogen and oxygen atoms in total. The lowest BCUT2D eigenvalue weighted by Gasteiger charge is -2.37. The molecule has 3 rings (SSSR count). The van der Waals surface area contributed by atoms with Crippen LogP contribution in [0.1, 0.15) is 17.5 Å². The minimum absolute atomic E-state index is 0.296. The highest BCUT2D eigenvalue weighted by Crippen LogP contribution is 2.43. The van der Waals surface area contributed by atoms with Crippen molar-refractivity contribution >= 4 is 35.1 Å². The van der Waals surface area contributed by atoms with Crippen molar-refractivity contribution in [1.82, 2.24) is 0 Å². The number of rotatable bonds is 2. The van der Waals surface area contributed by atoms with Crippen LogP contribution in [0, 0.1) is 0 Å². The van der Waals surface area contributed by atoms with Gasteiger partial charge in [0.2, 0.25) is 0 Å². The highest BCUT2D eigenvalue weighted by molar-refractivity contribution is 6.32. The third kappa shape index (κ3) is 2.45. The molecule has 0 radical (unpaired) electrons. The lowest BCUT2D eigenvalue weighted by Crippen LogP contribution is -2.44. The van der Waals surface area contributed by atoms with Crippen LogP contribution in [0.5, 0.6) is 0 Å². The molecule has 1 saturated heterocycles. The third-order valence-corrected chi connectivity index (χ3v) is 3.92. The summed E-state index contributed by atoms with van der Waals surface area (Å²) in [5.41, 5.74) is 0.678. The Morgan fingerprint density at radius 2 is 1.18 bits per heavy atom. The summed E-state index contributed by atoms with van der Waals surface area (Å²) in [6, 6.07) is 13.3. The molecule has 0 atom stereocenters. The maximum Gasteiger partial charge on any atom is 0.320 e. The van der Waals surface area contributed by atoms with Crippen LogP contribution in [0.25, 0.3) is 0 Å². The van der Waals surface area contributed by atoms with Gasteiger partial charge in [0.1, 0.15) is 6.42 Å². The van der Waals surface area contributed by atoms with Gasteiger partial charge in [-0.25, -0.2) is 0 Å². The van der Waals surface area contributed by atoms with Crippen molar-refractivity contribution in [1.29, 1.82) is 0 Å². The fraction of sp³-hybridized carbons (Fsp3) is 0.125. The monoisotopic (exact) mass is 336 g/mol. The fourth-order valence-corrected chi connectivity index (χ4v) is 2.87. The Hall–Kier alpha value is -2.04. The Balaban J connectivity index is 2.28. The predicted octanol–water partition coefficient (Wildman–Crippen LogP) is 3.68. The first kappa shape index (κ1) is 14.9. The van der Waals surface area contributed by atoms with Gasteiger partial charge in [-0.1, -0.05) is 47.5 Å². The molecule has 2 aromatic carbocycles. The number of hydrogen-bond acceptors (Lipinski definition) is 4. The van der Waals surface area contributed by atoms with E-state index in [9.17, 15) is 9.59 Å². The van der Waals surface area contributed by atoms with Gasteiger partial charge in [0.05, 0.1) is 21.2 Å². The molecule has 0 aromatic heterocycles. The van der Waals surface area contributed by atoms with Crippen LogP contribution >= 0.6 is 23.2 Å². The molecule has 22 heavy (non-hydrogen) atoms. The molecule has 1 aliphatic rings. The molecule has 6 heteroatoms. The SMILES string of the molecule is O=C1CC(=O)OC(c2ccccc2Cl)(c2ccccc2Cl)O1. The summed E-state index contributed by atoms with van der Waals surface area (Å²) in [5, 5.41) is 0.592. The van der Waals surface area contributed by atoms with Crippen molar-refractivity contribution in [2.75, 3.05) is 0 Å². The van der Waals surface area contributed by atoms with Crippen LogP contribution in [0.4, 0.5) is 0 Å². The third-order valence-electron chi connectivity index (χ3n) is 3.26. The Morgan fingerprint density at radius 1 is 0.773 bits per heavy atom. The van der Waals surface area contributed by atoms with Gasteiger partial charge in [-0.15, -0.1) is 0 Å². The van der Waals surface area contributed by atoms with Crippen LogP contribution in [-0.4, -0.2) is 11.9 Å². The normalized spacial score (nSPS) is 16.8. The zero-order chi connectivity index (χ0) is 15.7. The first-order valence-electron chi connectivity index (χ1n) is 6.46. The van der Waals surface area contributed by atoms with Gasteiger partial charge in [-0.3, -0.25) is 9.59 Å². The number of cyclic esters (lactones) is 2. The molecule has 0 N–H and O–H groups in total. The predicted molar refractivity (Wildman–Crippen MR) is 80.5 cm³/mol. The van der Waals surface area contributed by atoms with Crippen LogP contribution in [0.15, 0.2) is 48.5 Å². The molecule has 0 amide bonds. The van der Waals surface area contributed by atoms with Crippen molar-refractivity contribution in [2.24, 2.45) is 0 Å². The van der Waals surface area contributed by atoms with Crippen LogP contribution in [-0.2, 0) is 24.8 Å². The average Bonchev–Trinajstić information content (AvgIpc) is 2.47. The van der Waals surface area contributed by atoms with E-state index >= 15 is 0 Å². The highest BCUT2D eigenvalue weighted by atomic mass is 35.5. The van der Waals surface area contributed by atoms with Crippen molar-refractivity contribution in [3.63, 3.8) is 0 Å². The lowest BCUT2D eigenvalue weighted by atomic mass is 9.96. The summed E-state index contributed by atoms with van der Waals surface area (Å²) in [4.78, 5) is 23.7. The standard InChI is InChI=1S/C16H10Cl2O4/c17-12-7-3-1-5-10(12)16(11-6-2-4-8-13(11)18)21-14(19)9-15(20)22-16/h1-8H,9H2. The number of halogens is 2. The van der Waals surface area contributed by atoms with E-state index in [1.165, 1.54) is 0 Å². The maximum atomic E-state index is 11.8. The largest absolute Gasteiger partial charge is 0.413 e. The molecule has 1 heterocycles. The van der Waals surface area contributed by atoms with Crippen molar-refractivity contribution in [3.05, 3.63) is 69.7 Å². The van der Waals surface area contributed by atoms with E-state index < -0.39 is 24.1 Å². The number of carbonyl (C=O) groups excluding carboxylic acids is 2. The molecular formula is C16H10Cl2O4. The summed E-state index contributed by atoms with van der Waals surface area (Å²) >= 11 is 12.4. The van der Waals surface area contributed by atoms with E-state index in [4.69, 9.17) is 32.7 Å². The van der Waals surface area contributed by atoms with E-state index in [1.54, 1.807) is 48.5 Å². The molecule has 0 spiro atoms. The van der Waals surface area contributed by atoms with Crippen LogP contribution < -0.4 is 0 Å². The zero-order valence-corrected chi connectivity index (χ0v) is 12.7. The number of benzene rings is 2. The molecule has 0 bridgehead atoms. The topological polar surface area (TPSA) is 52.6 Å². The molecule has 0 unspecified atom stereocenters. The van der Waals surface area contributed by atoms with E-state index in [0.29, 0.717) is 21.2 Å². The number of hydrogen-bond donors (Lipinski definition) is 0. The molecule has 0 saturated carbocycles. The van der Waals surface area contributed by atoms with E-state index in [1.807, 2.05) is 0 Å². The Morgan fingerprint density at radius 3 is 1.59 bits per heavy atom. The second kappa shape index (κ2) is 5.63. The van der Waals surface area contributed by atoms with Crippen molar-refractivity contribution < 1.29 is 19.1 Å². The molecule has 2 aromatic rings. The van der Waals surface area contributed by atoms with Gasteiger partial charge in [0.15, 0.2) is 0 Å². The Bertz CT molecular complexity index is 694. The second-order valence-electron chi connectivity index (χ2n) is 4.70. The minimum atomic E-state index is -1.77. The van der Waals surface area contributed by atoms with Gasteiger partial charge >= 0.3 is 17.7 Å². The Labute approximate surface area is 136 Å². The van der Waals surface area contributed by atoms with Gasteiger partial charge in [0.25, 0.3) is 0 Å². The fourth-order valence-electron chi connectivity index (χ4n) is 2.35. The number of ether oxygens (including phenoxy) is 2. The first-order valence-corrected chi connectivity index (χ1v) is 7.22. The lowest BCUT2D eigenvalue weighted by molar-refractivity contribution is -0.234. The Kier molecular flexibility index (Phi) is 3.81. The van der Waals surface area contributed by atoms with Gasteiger partial charge in [-0.05, 0) is 24.3 Å². The second-order valence-corrected chi connectivity index (χ2v) is 5.52. The molecule has 1 fully saturated rings. The quantitative estimate of drug-likeness (QED) is 0.620. The van der Waals surface area contributed by atoms with Crippen molar-refractivity contribution in [3.8, 4) is 0 Å². The maximum absolute atomic E-state index is 11.8. The zero-order valence-electron chi connectivity index (χ0n) is 11.2. The molecule has 1 aliphatic heterocycles. The van der Waals surface area contributed by atoms with E-state index in [-0.39, 0.29) is 0 Å². The van der Waals surface area contributed by atoms with Crippen molar-refractivity contribution in [2.45, 2.75) is 12.2 Å². The van der Waals surface area contributed by atoms with Gasteiger partial charge in [-0.2, -0.15) is 0 Å². The summed E-state index contributed by atoms with van der Waals surface area (Å²) in [6.45, 7) is 0. The molecular weight excluding hydrogens is 327 g/mol. The molecule has 112 valence electrons. The van der Waals surface area contributed by atoms with E-state index in [0.717, 1.165) is 0 Å². The summed E-state index contributed by atoms with van der Waals surface area (Å²) in [5.74, 6) is -3.17. The smallest absolute Gasteiger partial charge is 0.320 e. The number of carbonyl (C=O) groups is 2. The van der Waals surface area contributed by atoms with Crippen LogP contribution in [0.2, 0.25) is 10.0 Å². The number of esters is 2. The minimum Gasteiger partial charge on any atom is -0.413 e. The van der Waals surface area contributed by atoms with E-state index in [2.05, 4.69) is 0 Å². The summed E-state index contributed by atoms with van der Waals surface area (Å²) in [6.07, 6.45) is -0.448. The summed E-state index contributed by atoms with van der Waals surface area (Å²) in [7, 11) is 0. The van der Waals surface area contributed by atoms with Gasteiger partial charge < -0.3 is 9.47 Å².